The van der Waals surface area contributed by atoms with Crippen LogP contribution in [0.2, 0.25) is 0 Å². The van der Waals surface area contributed by atoms with E-state index in [0.29, 0.717) is 22.5 Å². The van der Waals surface area contributed by atoms with Gasteiger partial charge in [-0.05, 0) is 17.2 Å². The second-order valence-corrected chi connectivity index (χ2v) is 5.02. The molecule has 2 N–H and O–H groups in total. The van der Waals surface area contributed by atoms with Crippen LogP contribution in [0.25, 0.3) is 11.0 Å². The van der Waals surface area contributed by atoms with Gasteiger partial charge in [-0.2, -0.15) is 0 Å². The SMILES string of the molecule is CC(C)c1cc(=O)c2c(CC(=O)O)cc(CO)cc2o1. The minimum atomic E-state index is -1.03. The number of benzene rings is 1. The lowest BCUT2D eigenvalue weighted by Gasteiger charge is -2.10. The fraction of sp³-hybridized carbons (Fsp3) is 0.333. The first-order valence-corrected chi connectivity index (χ1v) is 6.34. The maximum Gasteiger partial charge on any atom is 0.307 e. The van der Waals surface area contributed by atoms with Crippen molar-refractivity contribution in [2.24, 2.45) is 0 Å². The molecule has 1 heterocycles. The molecular weight excluding hydrogens is 260 g/mol. The molecule has 0 bridgehead atoms. The smallest absolute Gasteiger partial charge is 0.307 e. The van der Waals surface area contributed by atoms with Gasteiger partial charge in [0.1, 0.15) is 11.3 Å². The van der Waals surface area contributed by atoms with Gasteiger partial charge in [0.15, 0.2) is 5.43 Å². The predicted octanol–water partition coefficient (Wildman–Crippen LogP) is 2.04. The van der Waals surface area contributed by atoms with Crippen LogP contribution in [0.15, 0.2) is 27.4 Å². The lowest BCUT2D eigenvalue weighted by Crippen LogP contribution is -2.10. The third-order valence-electron chi connectivity index (χ3n) is 3.08. The van der Waals surface area contributed by atoms with Crippen molar-refractivity contribution in [3.63, 3.8) is 0 Å². The largest absolute Gasteiger partial charge is 0.481 e. The van der Waals surface area contributed by atoms with E-state index in [4.69, 9.17) is 9.52 Å². The van der Waals surface area contributed by atoms with E-state index in [2.05, 4.69) is 0 Å². The van der Waals surface area contributed by atoms with Crippen LogP contribution in [-0.4, -0.2) is 16.2 Å². The maximum absolute atomic E-state index is 12.2. The molecule has 2 aromatic rings. The van der Waals surface area contributed by atoms with E-state index < -0.39 is 5.97 Å². The number of aliphatic hydroxyl groups is 1. The van der Waals surface area contributed by atoms with Crippen LogP contribution in [-0.2, 0) is 17.8 Å². The lowest BCUT2D eigenvalue weighted by atomic mass is 10.0. The number of hydrogen-bond donors (Lipinski definition) is 2. The molecule has 1 aromatic carbocycles. The Balaban J connectivity index is 2.78. The molecular formula is C15H16O5. The molecule has 0 fully saturated rings. The number of hydrogen-bond acceptors (Lipinski definition) is 4. The molecule has 0 unspecified atom stereocenters. The Morgan fingerprint density at radius 2 is 2.00 bits per heavy atom. The zero-order chi connectivity index (χ0) is 14.9. The molecule has 0 saturated heterocycles. The second-order valence-electron chi connectivity index (χ2n) is 5.02. The Hall–Kier alpha value is -2.14. The molecule has 0 amide bonds. The molecule has 0 spiro atoms. The number of carboxylic acid groups (broad SMARTS) is 1. The van der Waals surface area contributed by atoms with Crippen molar-refractivity contribution in [3.8, 4) is 0 Å². The molecule has 0 saturated carbocycles. The number of aliphatic carboxylic acids is 1. The summed E-state index contributed by atoms with van der Waals surface area (Å²) >= 11 is 0. The van der Waals surface area contributed by atoms with Gasteiger partial charge in [-0.1, -0.05) is 19.9 Å². The van der Waals surface area contributed by atoms with Crippen LogP contribution >= 0.6 is 0 Å². The summed E-state index contributed by atoms with van der Waals surface area (Å²) in [6.45, 7) is 3.56. The second kappa shape index (κ2) is 5.46. The van der Waals surface area contributed by atoms with Gasteiger partial charge < -0.3 is 14.6 Å². The normalized spacial score (nSPS) is 11.2. The van der Waals surface area contributed by atoms with Crippen LogP contribution in [0.4, 0.5) is 0 Å². The van der Waals surface area contributed by atoms with Crippen LogP contribution in [0.1, 0.15) is 36.7 Å². The predicted molar refractivity (Wildman–Crippen MR) is 73.8 cm³/mol. The maximum atomic E-state index is 12.2. The molecule has 5 heteroatoms. The lowest BCUT2D eigenvalue weighted by molar-refractivity contribution is -0.136. The van der Waals surface area contributed by atoms with Crippen molar-refractivity contribution in [3.05, 3.63) is 45.3 Å². The summed E-state index contributed by atoms with van der Waals surface area (Å²) in [6.07, 6.45) is -0.282. The monoisotopic (exact) mass is 276 g/mol. The number of carbonyl (C=O) groups is 1. The summed E-state index contributed by atoms with van der Waals surface area (Å²) in [5.74, 6) is -0.444. The summed E-state index contributed by atoms with van der Waals surface area (Å²) in [5.41, 5.74) is 0.959. The fourth-order valence-corrected chi connectivity index (χ4v) is 2.13. The van der Waals surface area contributed by atoms with Crippen molar-refractivity contribution >= 4 is 16.9 Å². The molecule has 1 aromatic heterocycles. The first-order chi connectivity index (χ1) is 9.42. The summed E-state index contributed by atoms with van der Waals surface area (Å²) in [6, 6.07) is 4.51. The van der Waals surface area contributed by atoms with Crippen LogP contribution < -0.4 is 5.43 Å². The standard InChI is InChI=1S/C15H16O5/c1-8(2)12-6-11(17)15-10(5-14(18)19)3-9(7-16)4-13(15)20-12/h3-4,6,8,16H,5,7H2,1-2H3,(H,18,19). The van der Waals surface area contributed by atoms with E-state index in [0.717, 1.165) is 0 Å². The zero-order valence-electron chi connectivity index (χ0n) is 11.3. The number of carboxylic acids is 1. The first-order valence-electron chi connectivity index (χ1n) is 6.34. The van der Waals surface area contributed by atoms with Gasteiger partial charge in [-0.25, -0.2) is 0 Å². The molecule has 0 aliphatic heterocycles. The van der Waals surface area contributed by atoms with Crippen molar-refractivity contribution in [1.29, 1.82) is 0 Å². The Morgan fingerprint density at radius 3 is 2.55 bits per heavy atom. The molecule has 5 nitrogen and oxygen atoms in total. The molecule has 20 heavy (non-hydrogen) atoms. The van der Waals surface area contributed by atoms with Crippen molar-refractivity contribution in [1.82, 2.24) is 0 Å². The zero-order valence-corrected chi connectivity index (χ0v) is 11.3. The topological polar surface area (TPSA) is 87.7 Å². The van der Waals surface area contributed by atoms with Gasteiger partial charge in [0.25, 0.3) is 0 Å². The molecule has 0 aliphatic carbocycles. The van der Waals surface area contributed by atoms with E-state index in [-0.39, 0.29) is 29.8 Å². The highest BCUT2D eigenvalue weighted by molar-refractivity contribution is 5.85. The van der Waals surface area contributed by atoms with Gasteiger partial charge in [0.05, 0.1) is 18.4 Å². The van der Waals surface area contributed by atoms with E-state index in [1.165, 1.54) is 12.1 Å². The van der Waals surface area contributed by atoms with Crippen molar-refractivity contribution in [2.45, 2.75) is 32.8 Å². The van der Waals surface area contributed by atoms with Gasteiger partial charge in [-0.3, -0.25) is 9.59 Å². The van der Waals surface area contributed by atoms with Crippen LogP contribution in [0.3, 0.4) is 0 Å². The van der Waals surface area contributed by atoms with Gasteiger partial charge in [0, 0.05) is 12.0 Å². The molecule has 0 atom stereocenters. The van der Waals surface area contributed by atoms with E-state index >= 15 is 0 Å². The average Bonchev–Trinajstić information content (AvgIpc) is 2.36. The fourth-order valence-electron chi connectivity index (χ4n) is 2.13. The highest BCUT2D eigenvalue weighted by Crippen LogP contribution is 2.23. The Morgan fingerprint density at radius 1 is 1.30 bits per heavy atom. The van der Waals surface area contributed by atoms with Crippen molar-refractivity contribution in [2.75, 3.05) is 0 Å². The minimum Gasteiger partial charge on any atom is -0.481 e. The van der Waals surface area contributed by atoms with Crippen LogP contribution in [0.5, 0.6) is 0 Å². The van der Waals surface area contributed by atoms with E-state index in [1.54, 1.807) is 6.07 Å². The molecule has 2 rings (SSSR count). The van der Waals surface area contributed by atoms with Gasteiger partial charge in [0.2, 0.25) is 0 Å². The average molecular weight is 276 g/mol. The summed E-state index contributed by atoms with van der Waals surface area (Å²) < 4.78 is 5.66. The molecule has 106 valence electrons. The first kappa shape index (κ1) is 14.3. The molecule has 0 radical (unpaired) electrons. The van der Waals surface area contributed by atoms with Crippen LogP contribution in [0, 0.1) is 0 Å². The van der Waals surface area contributed by atoms with E-state index in [9.17, 15) is 14.7 Å². The van der Waals surface area contributed by atoms with Gasteiger partial charge >= 0.3 is 5.97 Å². The highest BCUT2D eigenvalue weighted by Gasteiger charge is 2.14. The summed E-state index contributed by atoms with van der Waals surface area (Å²) in [5, 5.41) is 18.4. The van der Waals surface area contributed by atoms with Crippen molar-refractivity contribution < 1.29 is 19.4 Å². The van der Waals surface area contributed by atoms with E-state index in [1.807, 2.05) is 13.8 Å². The Kier molecular flexibility index (Phi) is 3.90. The summed E-state index contributed by atoms with van der Waals surface area (Å²) in [4.78, 5) is 23.1. The van der Waals surface area contributed by atoms with Gasteiger partial charge in [-0.15, -0.1) is 0 Å². The summed E-state index contributed by atoms with van der Waals surface area (Å²) in [7, 11) is 0. The Labute approximate surface area is 115 Å². The Bertz CT molecular complexity index is 712. The minimum absolute atomic E-state index is 0.0489. The highest BCUT2D eigenvalue weighted by atomic mass is 16.4. The number of rotatable bonds is 4. The third-order valence-corrected chi connectivity index (χ3v) is 3.08. The molecule has 0 aliphatic rings. The third kappa shape index (κ3) is 2.72. The quantitative estimate of drug-likeness (QED) is 0.892. The number of fused-ring (bicyclic) bond motifs is 1. The number of aliphatic hydroxyl groups excluding tert-OH is 1.